The first-order valence-corrected chi connectivity index (χ1v) is 7.38. The molecule has 0 radical (unpaired) electrons. The Hall–Kier alpha value is -1.89. The van der Waals surface area contributed by atoms with Crippen molar-refractivity contribution in [2.75, 3.05) is 0 Å². The van der Waals surface area contributed by atoms with E-state index in [1.165, 1.54) is 28.7 Å². The summed E-state index contributed by atoms with van der Waals surface area (Å²) in [5, 5.41) is 0. The highest BCUT2D eigenvalue weighted by Gasteiger charge is 2.05. The smallest absolute Gasteiger partial charge is 0.159 e. The largest absolute Gasteiger partial charge is 0.295 e. The average Bonchev–Trinajstić information content (AvgIpc) is 2.47. The van der Waals surface area contributed by atoms with E-state index in [1.807, 2.05) is 24.3 Å². The number of benzene rings is 2. The fourth-order valence-corrected chi connectivity index (χ4v) is 2.55. The predicted octanol–water partition coefficient (Wildman–Crippen LogP) is 5.07. The van der Waals surface area contributed by atoms with E-state index in [0.717, 1.165) is 18.4 Å². The first-order chi connectivity index (χ1) is 9.65. The van der Waals surface area contributed by atoms with E-state index in [2.05, 4.69) is 32.0 Å². The molecule has 0 aliphatic rings. The van der Waals surface area contributed by atoms with Gasteiger partial charge in [0.05, 0.1) is 0 Å². The molecule has 0 heterocycles. The maximum atomic E-state index is 11.3. The summed E-state index contributed by atoms with van der Waals surface area (Å²) in [5.74, 6) is 0.115. The number of rotatable bonds is 5. The molecule has 0 amide bonds. The predicted molar refractivity (Wildman–Crippen MR) is 85.3 cm³/mol. The Kier molecular flexibility index (Phi) is 4.73. The minimum Gasteiger partial charge on any atom is -0.295 e. The lowest BCUT2D eigenvalue weighted by molar-refractivity contribution is 0.101. The second-order valence-electron chi connectivity index (χ2n) is 5.22. The van der Waals surface area contributed by atoms with E-state index in [-0.39, 0.29) is 5.78 Å². The quantitative estimate of drug-likeness (QED) is 0.690. The summed E-state index contributed by atoms with van der Waals surface area (Å²) in [4.78, 5) is 11.3. The minimum atomic E-state index is 0.115. The van der Waals surface area contributed by atoms with Crippen LogP contribution in [0, 0.1) is 0 Å². The van der Waals surface area contributed by atoms with Crippen LogP contribution in [-0.2, 0) is 12.8 Å². The van der Waals surface area contributed by atoms with Gasteiger partial charge in [-0.3, -0.25) is 4.79 Å². The third-order valence-electron chi connectivity index (χ3n) is 3.73. The number of Topliss-reactive ketones (excluding diaryl/α,β-unsaturated/α-hetero) is 1. The lowest BCUT2D eigenvalue weighted by Crippen LogP contribution is -1.94. The van der Waals surface area contributed by atoms with Gasteiger partial charge in [0, 0.05) is 5.56 Å². The van der Waals surface area contributed by atoms with Crippen LogP contribution >= 0.6 is 0 Å². The molecule has 0 atom stereocenters. The third-order valence-corrected chi connectivity index (χ3v) is 3.73. The first kappa shape index (κ1) is 14.5. The molecule has 0 bridgehead atoms. The second kappa shape index (κ2) is 6.51. The molecule has 20 heavy (non-hydrogen) atoms. The maximum absolute atomic E-state index is 11.3. The normalized spacial score (nSPS) is 10.6. The Balaban J connectivity index is 2.36. The number of ketones is 1. The zero-order valence-corrected chi connectivity index (χ0v) is 12.6. The van der Waals surface area contributed by atoms with Crippen LogP contribution in [0.2, 0.25) is 0 Å². The lowest BCUT2D eigenvalue weighted by Gasteiger charge is -2.10. The van der Waals surface area contributed by atoms with Crippen LogP contribution in [-0.4, -0.2) is 5.78 Å². The number of aryl methyl sites for hydroxylation is 2. The maximum Gasteiger partial charge on any atom is 0.159 e. The van der Waals surface area contributed by atoms with E-state index in [9.17, 15) is 4.79 Å². The van der Waals surface area contributed by atoms with Gasteiger partial charge in [-0.1, -0.05) is 62.7 Å². The highest BCUT2D eigenvalue weighted by Crippen LogP contribution is 2.24. The molecule has 0 saturated heterocycles. The molecule has 1 nitrogen and oxygen atoms in total. The Morgan fingerprint density at radius 3 is 2.10 bits per heavy atom. The number of hydrogen-bond acceptors (Lipinski definition) is 1. The van der Waals surface area contributed by atoms with Gasteiger partial charge in [0.15, 0.2) is 5.78 Å². The molecule has 0 unspecified atom stereocenters. The summed E-state index contributed by atoms with van der Waals surface area (Å²) in [7, 11) is 0. The highest BCUT2D eigenvalue weighted by molar-refractivity contribution is 5.94. The molecule has 2 aromatic rings. The summed E-state index contributed by atoms with van der Waals surface area (Å²) in [5.41, 5.74) is 6.07. The molecule has 1 heteroatoms. The second-order valence-corrected chi connectivity index (χ2v) is 5.22. The first-order valence-electron chi connectivity index (χ1n) is 7.38. The molecule has 0 aliphatic heterocycles. The van der Waals surface area contributed by atoms with Gasteiger partial charge in [0.25, 0.3) is 0 Å². The van der Waals surface area contributed by atoms with Gasteiger partial charge < -0.3 is 0 Å². The van der Waals surface area contributed by atoms with Crippen LogP contribution in [0.3, 0.4) is 0 Å². The summed E-state index contributed by atoms with van der Waals surface area (Å²) >= 11 is 0. The summed E-state index contributed by atoms with van der Waals surface area (Å²) in [6.07, 6.45) is 3.38. The van der Waals surface area contributed by atoms with Crippen molar-refractivity contribution in [3.63, 3.8) is 0 Å². The van der Waals surface area contributed by atoms with E-state index < -0.39 is 0 Å². The molecule has 0 aliphatic carbocycles. The van der Waals surface area contributed by atoms with Crippen molar-refractivity contribution in [3.8, 4) is 11.1 Å². The molecule has 0 saturated carbocycles. The van der Waals surface area contributed by atoms with Gasteiger partial charge >= 0.3 is 0 Å². The highest BCUT2D eigenvalue weighted by atomic mass is 16.1. The molecule has 104 valence electrons. The van der Waals surface area contributed by atoms with Crippen LogP contribution in [0.5, 0.6) is 0 Å². The monoisotopic (exact) mass is 266 g/mol. The van der Waals surface area contributed by atoms with Crippen molar-refractivity contribution in [1.29, 1.82) is 0 Å². The zero-order valence-electron chi connectivity index (χ0n) is 12.6. The van der Waals surface area contributed by atoms with Gasteiger partial charge in [-0.2, -0.15) is 0 Å². The van der Waals surface area contributed by atoms with E-state index in [4.69, 9.17) is 0 Å². The Morgan fingerprint density at radius 1 is 0.900 bits per heavy atom. The zero-order chi connectivity index (χ0) is 14.5. The van der Waals surface area contributed by atoms with Crippen LogP contribution in [0.1, 0.15) is 48.7 Å². The molecule has 2 aromatic carbocycles. The Labute approximate surface area is 121 Å². The van der Waals surface area contributed by atoms with E-state index >= 15 is 0 Å². The van der Waals surface area contributed by atoms with Crippen molar-refractivity contribution in [2.24, 2.45) is 0 Å². The molecule has 0 N–H and O–H groups in total. The van der Waals surface area contributed by atoms with Crippen molar-refractivity contribution in [1.82, 2.24) is 0 Å². The van der Waals surface area contributed by atoms with Crippen LogP contribution in [0.4, 0.5) is 0 Å². The van der Waals surface area contributed by atoms with Gasteiger partial charge in [-0.05, 0) is 42.0 Å². The van der Waals surface area contributed by atoms with Crippen molar-refractivity contribution in [2.45, 2.75) is 40.0 Å². The van der Waals surface area contributed by atoms with Crippen molar-refractivity contribution >= 4 is 5.78 Å². The number of hydrogen-bond donors (Lipinski definition) is 0. The van der Waals surface area contributed by atoms with Gasteiger partial charge in [-0.25, -0.2) is 0 Å². The molecule has 0 aromatic heterocycles. The third kappa shape index (κ3) is 3.16. The molecule has 0 spiro atoms. The number of carbonyl (C=O) groups is 1. The Bertz CT molecular complexity index is 594. The summed E-state index contributed by atoms with van der Waals surface area (Å²) in [6.45, 7) is 6.02. The minimum absolute atomic E-state index is 0.115. The van der Waals surface area contributed by atoms with Gasteiger partial charge in [-0.15, -0.1) is 0 Å². The van der Waals surface area contributed by atoms with E-state index in [1.54, 1.807) is 6.92 Å². The van der Waals surface area contributed by atoms with Crippen LogP contribution in [0.25, 0.3) is 11.1 Å². The SMILES string of the molecule is CCCc1cc(-c2ccc(C(C)=O)cc2)ccc1CC. The molecule has 0 fully saturated rings. The van der Waals surface area contributed by atoms with E-state index in [0.29, 0.717) is 0 Å². The number of carbonyl (C=O) groups excluding carboxylic acids is 1. The fraction of sp³-hybridized carbons (Fsp3) is 0.316. The summed E-state index contributed by atoms with van der Waals surface area (Å²) in [6, 6.07) is 14.6. The summed E-state index contributed by atoms with van der Waals surface area (Å²) < 4.78 is 0. The van der Waals surface area contributed by atoms with Crippen LogP contribution in [0.15, 0.2) is 42.5 Å². The standard InChI is InChI=1S/C19H22O/c1-4-6-18-13-19(12-7-15(18)5-2)17-10-8-16(9-11-17)14(3)20/h7-13H,4-6H2,1-3H3. The average molecular weight is 266 g/mol. The van der Waals surface area contributed by atoms with Crippen LogP contribution < -0.4 is 0 Å². The fourth-order valence-electron chi connectivity index (χ4n) is 2.55. The molecular weight excluding hydrogens is 244 g/mol. The van der Waals surface area contributed by atoms with Crippen molar-refractivity contribution in [3.05, 3.63) is 59.2 Å². The van der Waals surface area contributed by atoms with Gasteiger partial charge in [0.2, 0.25) is 0 Å². The Morgan fingerprint density at radius 2 is 1.55 bits per heavy atom. The van der Waals surface area contributed by atoms with Gasteiger partial charge in [0.1, 0.15) is 0 Å². The topological polar surface area (TPSA) is 17.1 Å². The van der Waals surface area contributed by atoms with Crippen molar-refractivity contribution < 1.29 is 4.79 Å². The molecule has 2 rings (SSSR count). The lowest BCUT2D eigenvalue weighted by atomic mass is 9.95. The molecular formula is C19H22O.